The molecule has 1 unspecified atom stereocenters. The van der Waals surface area contributed by atoms with Gasteiger partial charge >= 0.3 is 7.60 Å². The lowest BCUT2D eigenvalue weighted by atomic mass is 9.89. The Morgan fingerprint density at radius 3 is 2.29 bits per heavy atom. The van der Waals surface area contributed by atoms with Gasteiger partial charge in [0.25, 0.3) is 0 Å². The third kappa shape index (κ3) is 3.32. The van der Waals surface area contributed by atoms with Gasteiger partial charge in [-0.15, -0.1) is 0 Å². The van der Waals surface area contributed by atoms with E-state index in [4.69, 9.17) is 28.0 Å². The molecule has 180 valence electrons. The summed E-state index contributed by atoms with van der Waals surface area (Å²) in [6, 6.07) is 11.9. The van der Waals surface area contributed by atoms with Crippen LogP contribution in [-0.4, -0.2) is 41.3 Å². The quantitative estimate of drug-likeness (QED) is 0.379. The minimum absolute atomic E-state index is 0.190. The van der Waals surface area contributed by atoms with Crippen LogP contribution < -0.4 is 23.8 Å². The molecule has 1 atom stereocenters. The van der Waals surface area contributed by atoms with Crippen molar-refractivity contribution >= 4 is 24.1 Å². The molecule has 8 nitrogen and oxygen atoms in total. The zero-order chi connectivity index (χ0) is 24.0. The fourth-order valence-electron chi connectivity index (χ4n) is 4.96. The van der Waals surface area contributed by atoms with Gasteiger partial charge in [-0.3, -0.25) is 4.57 Å². The number of ether oxygens (including phenoxy) is 4. The molecule has 0 aromatic heterocycles. The Morgan fingerprint density at radius 2 is 1.65 bits per heavy atom. The summed E-state index contributed by atoms with van der Waals surface area (Å²) in [5.74, 6) is 1.70. The minimum Gasteiger partial charge on any atom is -0.493 e. The van der Waals surface area contributed by atoms with Crippen molar-refractivity contribution < 1.29 is 32.6 Å². The number of anilines is 1. The number of benzene rings is 3. The Bertz CT molecular complexity index is 1300. The predicted octanol–water partition coefficient (Wildman–Crippen LogP) is 5.97. The Balaban J connectivity index is 1.86. The fourth-order valence-corrected chi connectivity index (χ4v) is 7.15. The Hall–Kier alpha value is -2.93. The number of hydrogen-bond acceptors (Lipinski definition) is 8. The van der Waals surface area contributed by atoms with Crippen LogP contribution in [0.25, 0.3) is 21.9 Å². The second-order valence-electron chi connectivity index (χ2n) is 8.01. The first-order valence-electron chi connectivity index (χ1n) is 11.2. The molecule has 3 aromatic rings. The summed E-state index contributed by atoms with van der Waals surface area (Å²) in [5, 5.41) is 1.94. The summed E-state index contributed by atoms with van der Waals surface area (Å²) >= 11 is 0. The van der Waals surface area contributed by atoms with Crippen LogP contribution in [0.1, 0.15) is 25.2 Å². The Labute approximate surface area is 198 Å². The summed E-state index contributed by atoms with van der Waals surface area (Å²) in [5.41, 5.74) is 3.47. The maximum Gasteiger partial charge on any atom is 0.357 e. The first-order chi connectivity index (χ1) is 16.5. The first-order valence-corrected chi connectivity index (χ1v) is 12.8. The monoisotopic (exact) mass is 485 g/mol. The fraction of sp³-hybridized carbons (Fsp3) is 0.360. The van der Waals surface area contributed by atoms with E-state index >= 15 is 0 Å². The van der Waals surface area contributed by atoms with Crippen LogP contribution in [-0.2, 0) is 13.6 Å². The summed E-state index contributed by atoms with van der Waals surface area (Å²) < 4.78 is 48.7. The summed E-state index contributed by atoms with van der Waals surface area (Å²) in [6.07, 6.45) is 0. The van der Waals surface area contributed by atoms with Crippen molar-refractivity contribution in [1.29, 1.82) is 0 Å². The molecule has 0 bridgehead atoms. The summed E-state index contributed by atoms with van der Waals surface area (Å²) in [4.78, 5) is 1.97. The second-order valence-corrected chi connectivity index (χ2v) is 10.1. The van der Waals surface area contributed by atoms with E-state index in [9.17, 15) is 4.57 Å². The van der Waals surface area contributed by atoms with Gasteiger partial charge in [0.15, 0.2) is 28.8 Å². The lowest BCUT2D eigenvalue weighted by molar-refractivity contribution is 0.174. The molecule has 0 amide bonds. The van der Waals surface area contributed by atoms with Crippen LogP contribution in [0.5, 0.6) is 23.0 Å². The van der Waals surface area contributed by atoms with Gasteiger partial charge in [0, 0.05) is 23.6 Å². The van der Waals surface area contributed by atoms with Crippen LogP contribution in [0.4, 0.5) is 5.69 Å². The second kappa shape index (κ2) is 8.69. The molecular formula is C25H28NO7P. The average Bonchev–Trinajstić information content (AvgIpc) is 3.29. The van der Waals surface area contributed by atoms with Crippen LogP contribution in [0.3, 0.4) is 0 Å². The third-order valence-electron chi connectivity index (χ3n) is 6.25. The molecule has 3 aromatic carbocycles. The molecule has 0 spiro atoms. The Morgan fingerprint density at radius 1 is 0.971 bits per heavy atom. The van der Waals surface area contributed by atoms with Gasteiger partial charge in [-0.05, 0) is 49.1 Å². The van der Waals surface area contributed by atoms with Crippen molar-refractivity contribution in [3.8, 4) is 34.1 Å². The molecule has 0 saturated carbocycles. The zero-order valence-electron chi connectivity index (χ0n) is 19.9. The number of fused-ring (bicyclic) bond motifs is 6. The molecule has 0 saturated heterocycles. The number of methoxy groups -OCH3 is 2. The SMILES string of the molecule is CCOP(=O)(OCC)C1c2c(ccc(OC)c2OC)-c2ccc3cc4c(cc3c2N1C)OCO4. The van der Waals surface area contributed by atoms with Crippen LogP contribution in [0.2, 0.25) is 0 Å². The number of nitrogens with zero attached hydrogens (tertiary/aromatic N) is 1. The maximum atomic E-state index is 14.3. The van der Waals surface area contributed by atoms with Crippen molar-refractivity contribution in [2.75, 3.05) is 46.2 Å². The highest BCUT2D eigenvalue weighted by Crippen LogP contribution is 2.68. The standard InChI is InChI=1S/C25H28NO7P/c1-6-32-34(27,33-7-2)25-22-16(10-11-19(28-4)24(22)29-5)17-9-8-15-12-20-21(31-14-30-20)13-18(15)23(17)26(25)3/h8-13,25H,6-7,14H2,1-5H3. The molecule has 2 heterocycles. The van der Waals surface area contributed by atoms with Gasteiger partial charge in [0.1, 0.15) is 0 Å². The molecule has 2 aliphatic rings. The van der Waals surface area contributed by atoms with Crippen molar-refractivity contribution in [3.63, 3.8) is 0 Å². The summed E-state index contributed by atoms with van der Waals surface area (Å²) in [6.45, 7) is 4.29. The van der Waals surface area contributed by atoms with Crippen molar-refractivity contribution in [3.05, 3.63) is 42.0 Å². The molecule has 0 N–H and O–H groups in total. The van der Waals surface area contributed by atoms with Crippen LogP contribution >= 0.6 is 7.60 Å². The molecule has 0 aliphatic carbocycles. The molecule has 9 heteroatoms. The van der Waals surface area contributed by atoms with Gasteiger partial charge in [0.2, 0.25) is 6.79 Å². The molecule has 0 radical (unpaired) electrons. The normalized spacial score (nSPS) is 16.4. The number of hydrogen-bond donors (Lipinski definition) is 0. The van der Waals surface area contributed by atoms with Crippen molar-refractivity contribution in [1.82, 2.24) is 0 Å². The molecule has 0 fully saturated rings. The first kappa shape index (κ1) is 22.8. The maximum absolute atomic E-state index is 14.3. The van der Waals surface area contributed by atoms with Gasteiger partial charge in [-0.1, -0.05) is 12.1 Å². The highest BCUT2D eigenvalue weighted by Gasteiger charge is 2.47. The van der Waals surface area contributed by atoms with E-state index in [0.717, 1.165) is 27.6 Å². The molecular weight excluding hydrogens is 457 g/mol. The Kier molecular flexibility index (Phi) is 5.84. The number of rotatable bonds is 7. The average molecular weight is 485 g/mol. The smallest absolute Gasteiger partial charge is 0.357 e. The van der Waals surface area contributed by atoms with E-state index in [1.807, 2.05) is 50.1 Å². The third-order valence-corrected chi connectivity index (χ3v) is 8.69. The van der Waals surface area contributed by atoms with E-state index < -0.39 is 13.4 Å². The van der Waals surface area contributed by atoms with Gasteiger partial charge in [0.05, 0.1) is 33.1 Å². The minimum atomic E-state index is -3.67. The van der Waals surface area contributed by atoms with E-state index in [-0.39, 0.29) is 20.0 Å². The van der Waals surface area contributed by atoms with Gasteiger partial charge < -0.3 is 32.9 Å². The topological polar surface area (TPSA) is 75.7 Å². The van der Waals surface area contributed by atoms with Crippen molar-refractivity contribution in [2.24, 2.45) is 0 Å². The van der Waals surface area contributed by atoms with Gasteiger partial charge in [-0.2, -0.15) is 0 Å². The predicted molar refractivity (Wildman–Crippen MR) is 131 cm³/mol. The lowest BCUT2D eigenvalue weighted by Gasteiger charge is -2.41. The van der Waals surface area contributed by atoms with Gasteiger partial charge in [-0.25, -0.2) is 0 Å². The zero-order valence-corrected chi connectivity index (χ0v) is 20.8. The highest BCUT2D eigenvalue weighted by atomic mass is 31.2. The summed E-state index contributed by atoms with van der Waals surface area (Å²) in [7, 11) is 1.40. The van der Waals surface area contributed by atoms with E-state index in [0.29, 0.717) is 28.6 Å². The lowest BCUT2D eigenvalue weighted by Crippen LogP contribution is -2.30. The largest absolute Gasteiger partial charge is 0.493 e. The molecule has 2 aliphatic heterocycles. The van der Waals surface area contributed by atoms with Crippen LogP contribution in [0.15, 0.2) is 36.4 Å². The molecule has 34 heavy (non-hydrogen) atoms. The van der Waals surface area contributed by atoms with E-state index in [1.165, 1.54) is 0 Å². The van der Waals surface area contributed by atoms with E-state index in [1.54, 1.807) is 14.2 Å². The van der Waals surface area contributed by atoms with E-state index in [2.05, 4.69) is 12.1 Å². The highest BCUT2D eigenvalue weighted by molar-refractivity contribution is 7.54. The van der Waals surface area contributed by atoms with Crippen molar-refractivity contribution in [2.45, 2.75) is 19.6 Å². The van der Waals surface area contributed by atoms with Crippen LogP contribution in [0, 0.1) is 0 Å². The molecule has 5 rings (SSSR count).